The molecule has 1 aromatic carbocycles. The van der Waals surface area contributed by atoms with E-state index in [9.17, 15) is 4.39 Å². The number of hydrogen-bond donors (Lipinski definition) is 1. The van der Waals surface area contributed by atoms with E-state index in [-0.39, 0.29) is 11.7 Å². The maximum atomic E-state index is 13.8. The number of aromatic nitrogens is 2. The van der Waals surface area contributed by atoms with Crippen LogP contribution in [0.1, 0.15) is 36.7 Å². The van der Waals surface area contributed by atoms with E-state index in [1.807, 2.05) is 33.9 Å². The molecule has 3 nitrogen and oxygen atoms in total. The highest BCUT2D eigenvalue weighted by atomic mass is 19.1. The lowest BCUT2D eigenvalue weighted by molar-refractivity contribution is 0.619. The second-order valence-electron chi connectivity index (χ2n) is 5.22. The third-order valence-electron chi connectivity index (χ3n) is 3.44. The first kappa shape index (κ1) is 14.4. The average Bonchev–Trinajstić information content (AvgIpc) is 2.42. The van der Waals surface area contributed by atoms with Crippen molar-refractivity contribution in [3.63, 3.8) is 0 Å². The monoisotopic (exact) mass is 273 g/mol. The molecule has 0 radical (unpaired) electrons. The molecule has 0 saturated carbocycles. The van der Waals surface area contributed by atoms with E-state index >= 15 is 0 Å². The molecule has 4 heteroatoms. The summed E-state index contributed by atoms with van der Waals surface area (Å²) in [5.74, 6) is 1.56. The Labute approximate surface area is 119 Å². The first-order valence-electron chi connectivity index (χ1n) is 6.77. The molecule has 2 rings (SSSR count). The van der Waals surface area contributed by atoms with Crippen LogP contribution >= 0.6 is 0 Å². The fourth-order valence-electron chi connectivity index (χ4n) is 2.16. The van der Waals surface area contributed by atoms with Crippen LogP contribution in [0.15, 0.2) is 18.2 Å². The number of nitrogens with zero attached hydrogens (tertiary/aromatic N) is 2. The Morgan fingerprint density at radius 3 is 2.40 bits per heavy atom. The van der Waals surface area contributed by atoms with Crippen molar-refractivity contribution in [1.29, 1.82) is 0 Å². The van der Waals surface area contributed by atoms with E-state index in [1.165, 1.54) is 6.07 Å². The zero-order valence-corrected chi connectivity index (χ0v) is 12.6. The molecule has 0 aliphatic carbocycles. The smallest absolute Gasteiger partial charge is 0.133 e. The zero-order valence-electron chi connectivity index (χ0n) is 12.6. The second kappa shape index (κ2) is 5.57. The largest absolute Gasteiger partial charge is 0.373 e. The molecule has 2 aromatic rings. The minimum absolute atomic E-state index is 0.211. The fraction of sp³-hybridized carbons (Fsp3) is 0.375. The molecular weight excluding hydrogens is 253 g/mol. The molecule has 20 heavy (non-hydrogen) atoms. The Kier molecular flexibility index (Phi) is 4.02. The lowest BCUT2D eigenvalue weighted by Gasteiger charge is -2.15. The molecule has 106 valence electrons. The van der Waals surface area contributed by atoms with E-state index in [0.717, 1.165) is 28.5 Å². The first-order chi connectivity index (χ1) is 9.45. The maximum Gasteiger partial charge on any atom is 0.133 e. The van der Waals surface area contributed by atoms with Gasteiger partial charge < -0.3 is 5.32 Å². The highest BCUT2D eigenvalue weighted by Crippen LogP contribution is 2.30. The summed E-state index contributed by atoms with van der Waals surface area (Å²) in [4.78, 5) is 9.15. The van der Waals surface area contributed by atoms with Gasteiger partial charge in [-0.15, -0.1) is 0 Å². The van der Waals surface area contributed by atoms with Gasteiger partial charge in [0.2, 0.25) is 0 Å². The van der Waals surface area contributed by atoms with Crippen molar-refractivity contribution in [2.75, 3.05) is 12.4 Å². The van der Waals surface area contributed by atoms with Gasteiger partial charge in [0.15, 0.2) is 0 Å². The van der Waals surface area contributed by atoms with Crippen molar-refractivity contribution in [3.05, 3.63) is 41.0 Å². The fourth-order valence-corrected chi connectivity index (χ4v) is 2.16. The van der Waals surface area contributed by atoms with Gasteiger partial charge in [0.1, 0.15) is 17.5 Å². The number of halogens is 1. The van der Waals surface area contributed by atoms with Crippen LogP contribution in [0.2, 0.25) is 0 Å². The molecule has 0 saturated heterocycles. The molecule has 0 amide bonds. The van der Waals surface area contributed by atoms with Crippen molar-refractivity contribution in [3.8, 4) is 11.3 Å². The Bertz CT molecular complexity index is 636. The molecule has 1 heterocycles. The SMILES string of the molecule is CNc1nc(C(C)C)nc(-c2cccc(F)c2C)c1C. The summed E-state index contributed by atoms with van der Waals surface area (Å²) < 4.78 is 13.8. The van der Waals surface area contributed by atoms with E-state index in [0.29, 0.717) is 5.56 Å². The number of benzene rings is 1. The summed E-state index contributed by atoms with van der Waals surface area (Å²) >= 11 is 0. The van der Waals surface area contributed by atoms with Gasteiger partial charge in [-0.25, -0.2) is 14.4 Å². The third-order valence-corrected chi connectivity index (χ3v) is 3.44. The van der Waals surface area contributed by atoms with Crippen LogP contribution in [0.5, 0.6) is 0 Å². The molecular formula is C16H20FN3. The zero-order chi connectivity index (χ0) is 14.9. The molecule has 0 fully saturated rings. The quantitative estimate of drug-likeness (QED) is 0.916. The van der Waals surface area contributed by atoms with Crippen LogP contribution in [-0.2, 0) is 0 Å². The summed E-state index contributed by atoms with van der Waals surface area (Å²) in [6.45, 7) is 7.83. The summed E-state index contributed by atoms with van der Waals surface area (Å²) in [6, 6.07) is 5.09. The number of nitrogens with one attached hydrogen (secondary N) is 1. The Hall–Kier alpha value is -1.97. The van der Waals surface area contributed by atoms with Crippen molar-refractivity contribution in [2.45, 2.75) is 33.6 Å². The maximum absolute atomic E-state index is 13.8. The Morgan fingerprint density at radius 1 is 1.10 bits per heavy atom. The van der Waals surface area contributed by atoms with Gasteiger partial charge in [0, 0.05) is 24.1 Å². The minimum Gasteiger partial charge on any atom is -0.373 e. The lowest BCUT2D eigenvalue weighted by atomic mass is 10.0. The third kappa shape index (κ3) is 2.50. The average molecular weight is 273 g/mol. The summed E-state index contributed by atoms with van der Waals surface area (Å²) in [6.07, 6.45) is 0. The van der Waals surface area contributed by atoms with Crippen molar-refractivity contribution in [1.82, 2.24) is 9.97 Å². The van der Waals surface area contributed by atoms with E-state index < -0.39 is 0 Å². The summed E-state index contributed by atoms with van der Waals surface area (Å²) in [5, 5.41) is 3.09. The summed E-state index contributed by atoms with van der Waals surface area (Å²) in [7, 11) is 1.83. The van der Waals surface area contributed by atoms with Gasteiger partial charge in [-0.3, -0.25) is 0 Å². The number of hydrogen-bond acceptors (Lipinski definition) is 3. The van der Waals surface area contributed by atoms with Crippen LogP contribution in [0.25, 0.3) is 11.3 Å². The van der Waals surface area contributed by atoms with Gasteiger partial charge in [0.05, 0.1) is 5.69 Å². The van der Waals surface area contributed by atoms with Crippen LogP contribution in [0.4, 0.5) is 10.2 Å². The Balaban J connectivity index is 2.72. The highest BCUT2D eigenvalue weighted by Gasteiger charge is 2.16. The van der Waals surface area contributed by atoms with Crippen LogP contribution in [0.3, 0.4) is 0 Å². The molecule has 0 unspecified atom stereocenters. The predicted molar refractivity (Wildman–Crippen MR) is 80.5 cm³/mol. The van der Waals surface area contributed by atoms with E-state index in [2.05, 4.69) is 15.3 Å². The molecule has 0 aliphatic rings. The number of rotatable bonds is 3. The minimum atomic E-state index is -0.211. The topological polar surface area (TPSA) is 37.8 Å². The molecule has 1 N–H and O–H groups in total. The molecule has 0 atom stereocenters. The molecule has 0 bridgehead atoms. The Morgan fingerprint density at radius 2 is 1.80 bits per heavy atom. The van der Waals surface area contributed by atoms with Gasteiger partial charge in [-0.1, -0.05) is 26.0 Å². The van der Waals surface area contributed by atoms with E-state index in [4.69, 9.17) is 0 Å². The van der Waals surface area contributed by atoms with Crippen LogP contribution in [-0.4, -0.2) is 17.0 Å². The van der Waals surface area contributed by atoms with Crippen molar-refractivity contribution < 1.29 is 4.39 Å². The molecule has 0 spiro atoms. The summed E-state index contributed by atoms with van der Waals surface area (Å²) in [5.41, 5.74) is 3.17. The molecule has 0 aliphatic heterocycles. The normalized spacial score (nSPS) is 10.9. The predicted octanol–water partition coefficient (Wildman–Crippen LogP) is 4.06. The molecule has 1 aromatic heterocycles. The standard InChI is InChI=1S/C16H20FN3/c1-9(2)15-19-14(11(4)16(18-5)20-15)12-7-6-8-13(17)10(12)3/h6-9H,1-5H3,(H,18,19,20). The van der Waals surface area contributed by atoms with Gasteiger partial charge in [-0.2, -0.15) is 0 Å². The van der Waals surface area contributed by atoms with Gasteiger partial charge >= 0.3 is 0 Å². The number of anilines is 1. The van der Waals surface area contributed by atoms with Gasteiger partial charge in [-0.05, 0) is 25.5 Å². The first-order valence-corrected chi connectivity index (χ1v) is 6.77. The highest BCUT2D eigenvalue weighted by molar-refractivity contribution is 5.71. The lowest BCUT2D eigenvalue weighted by Crippen LogP contribution is -2.07. The van der Waals surface area contributed by atoms with Crippen LogP contribution in [0, 0.1) is 19.7 Å². The van der Waals surface area contributed by atoms with Gasteiger partial charge in [0.25, 0.3) is 0 Å². The van der Waals surface area contributed by atoms with Crippen LogP contribution < -0.4 is 5.32 Å². The second-order valence-corrected chi connectivity index (χ2v) is 5.22. The van der Waals surface area contributed by atoms with Crippen molar-refractivity contribution >= 4 is 5.82 Å². The van der Waals surface area contributed by atoms with Crippen molar-refractivity contribution in [2.24, 2.45) is 0 Å². The van der Waals surface area contributed by atoms with E-state index in [1.54, 1.807) is 13.0 Å².